The number of nitrogens with zero attached hydrogens (tertiary/aromatic N) is 3. The maximum Gasteiger partial charge on any atom is 0.131 e. The van der Waals surface area contributed by atoms with Crippen LogP contribution in [0.1, 0.15) is 62.6 Å². The second kappa shape index (κ2) is 10.2. The molecular weight excluding hydrogens is 462 g/mol. The highest BCUT2D eigenvalue weighted by molar-refractivity contribution is 8.00. The molecule has 7 heteroatoms. The average molecular weight is 499 g/mol. The van der Waals surface area contributed by atoms with Crippen molar-refractivity contribution in [1.29, 1.82) is 0 Å². The first-order valence-corrected chi connectivity index (χ1v) is 13.8. The zero-order valence-electron chi connectivity index (χ0n) is 21.2. The number of aromatic amines is 1. The topological polar surface area (TPSA) is 35.2 Å². The smallest absolute Gasteiger partial charge is 0.131 e. The normalized spacial score (nSPS) is 21.6. The third-order valence-electron chi connectivity index (χ3n) is 7.60. The maximum atomic E-state index is 15.8. The zero-order chi connectivity index (χ0) is 24.7. The Morgan fingerprint density at radius 1 is 1.17 bits per heavy atom. The van der Waals surface area contributed by atoms with E-state index in [1.165, 1.54) is 12.8 Å². The highest BCUT2D eigenvalue weighted by Crippen LogP contribution is 2.44. The van der Waals surface area contributed by atoms with E-state index >= 15 is 8.78 Å². The molecule has 2 aliphatic heterocycles. The molecule has 2 atom stereocenters. The SMILES string of the molecule is CCCCN1CC(Sc2cc(F)c([C@@H]3c4ccc5[nH]ncc5c4CN(C)[C@H]3CC(C)C)c(F)c2)C1. The summed E-state index contributed by atoms with van der Waals surface area (Å²) in [6, 6.07) is 7.19. The Morgan fingerprint density at radius 2 is 1.91 bits per heavy atom. The fourth-order valence-electron chi connectivity index (χ4n) is 5.82. The van der Waals surface area contributed by atoms with Crippen molar-refractivity contribution in [3.8, 4) is 0 Å². The van der Waals surface area contributed by atoms with Crippen LogP contribution in [-0.2, 0) is 6.54 Å². The minimum atomic E-state index is -0.429. The quantitative estimate of drug-likeness (QED) is 0.389. The third kappa shape index (κ3) is 4.87. The molecule has 4 nitrogen and oxygen atoms in total. The molecule has 0 radical (unpaired) electrons. The summed E-state index contributed by atoms with van der Waals surface area (Å²) >= 11 is 1.61. The lowest BCUT2D eigenvalue weighted by atomic mass is 9.75. The number of likely N-dealkylation sites (tertiary alicyclic amines) is 1. The Labute approximate surface area is 211 Å². The number of benzene rings is 2. The van der Waals surface area contributed by atoms with Gasteiger partial charge in [-0.1, -0.05) is 33.3 Å². The summed E-state index contributed by atoms with van der Waals surface area (Å²) in [7, 11) is 2.07. The van der Waals surface area contributed by atoms with E-state index < -0.39 is 11.6 Å². The maximum absolute atomic E-state index is 15.8. The molecule has 0 spiro atoms. The predicted octanol–water partition coefficient (Wildman–Crippen LogP) is 6.41. The van der Waals surface area contributed by atoms with Crippen molar-refractivity contribution in [3.05, 3.63) is 58.8 Å². The van der Waals surface area contributed by atoms with Gasteiger partial charge in [-0.05, 0) is 61.7 Å². The molecule has 0 saturated carbocycles. The number of hydrogen-bond acceptors (Lipinski definition) is 4. The van der Waals surface area contributed by atoms with Gasteiger partial charge in [0.05, 0.1) is 11.7 Å². The summed E-state index contributed by atoms with van der Waals surface area (Å²) in [4.78, 5) is 5.38. The lowest BCUT2D eigenvalue weighted by Crippen LogP contribution is -2.49. The van der Waals surface area contributed by atoms with Crippen LogP contribution in [-0.4, -0.2) is 58.0 Å². The molecule has 1 fully saturated rings. The molecular formula is C28H36F2N4S. The molecule has 3 heterocycles. The number of unbranched alkanes of at least 4 members (excludes halogenated alkanes) is 1. The fraction of sp³-hybridized carbons (Fsp3) is 0.536. The summed E-state index contributed by atoms with van der Waals surface area (Å²) in [6.45, 7) is 10.4. The first-order valence-electron chi connectivity index (χ1n) is 12.9. The van der Waals surface area contributed by atoms with Gasteiger partial charge in [0.1, 0.15) is 11.6 Å². The molecule has 0 bridgehead atoms. The molecule has 0 unspecified atom stereocenters. The second-order valence-electron chi connectivity index (χ2n) is 10.7. The summed E-state index contributed by atoms with van der Waals surface area (Å²) < 4.78 is 31.6. The molecule has 3 aromatic rings. The van der Waals surface area contributed by atoms with Crippen LogP contribution in [0, 0.1) is 17.6 Å². The number of likely N-dealkylation sites (N-methyl/N-ethyl adjacent to an activating group) is 1. The molecule has 35 heavy (non-hydrogen) atoms. The van der Waals surface area contributed by atoms with Crippen LogP contribution in [0.4, 0.5) is 8.78 Å². The third-order valence-corrected chi connectivity index (χ3v) is 8.74. The summed E-state index contributed by atoms with van der Waals surface area (Å²) in [5, 5.41) is 8.68. The van der Waals surface area contributed by atoms with Crippen LogP contribution in [0.25, 0.3) is 10.9 Å². The van der Waals surface area contributed by atoms with Gasteiger partial charge in [-0.15, -0.1) is 11.8 Å². The summed E-state index contributed by atoms with van der Waals surface area (Å²) in [5.74, 6) is -0.805. The number of hydrogen-bond donors (Lipinski definition) is 1. The van der Waals surface area contributed by atoms with Gasteiger partial charge < -0.3 is 4.90 Å². The Balaban J connectivity index is 1.48. The van der Waals surface area contributed by atoms with E-state index in [1.807, 2.05) is 18.3 Å². The molecule has 0 amide bonds. The van der Waals surface area contributed by atoms with Gasteiger partial charge in [0.25, 0.3) is 0 Å². The van der Waals surface area contributed by atoms with E-state index in [9.17, 15) is 0 Å². The highest BCUT2D eigenvalue weighted by Gasteiger charge is 2.39. The number of halogens is 2. The zero-order valence-corrected chi connectivity index (χ0v) is 22.0. The Kier molecular flexibility index (Phi) is 7.20. The van der Waals surface area contributed by atoms with Crippen LogP contribution >= 0.6 is 11.8 Å². The van der Waals surface area contributed by atoms with Crippen molar-refractivity contribution in [2.45, 2.75) is 68.7 Å². The minimum absolute atomic E-state index is 0.0214. The lowest BCUT2D eigenvalue weighted by molar-refractivity contribution is 0.169. The molecule has 1 N–H and O–H groups in total. The van der Waals surface area contributed by atoms with E-state index in [2.05, 4.69) is 47.8 Å². The molecule has 188 valence electrons. The largest absolute Gasteiger partial charge is 0.301 e. The number of fused-ring (bicyclic) bond motifs is 3. The van der Waals surface area contributed by atoms with E-state index in [0.29, 0.717) is 16.1 Å². The molecule has 5 rings (SSSR count). The number of aromatic nitrogens is 2. The Morgan fingerprint density at radius 3 is 2.60 bits per heavy atom. The number of thioether (sulfide) groups is 1. The molecule has 2 aromatic carbocycles. The van der Waals surface area contributed by atoms with Gasteiger partial charge in [-0.25, -0.2) is 8.78 Å². The fourth-order valence-corrected chi connectivity index (χ4v) is 7.11. The van der Waals surface area contributed by atoms with Gasteiger partial charge in [0.2, 0.25) is 0 Å². The monoisotopic (exact) mass is 498 g/mol. The average Bonchev–Trinajstić information content (AvgIpc) is 3.26. The van der Waals surface area contributed by atoms with Crippen LogP contribution in [0.2, 0.25) is 0 Å². The summed E-state index contributed by atoms with van der Waals surface area (Å²) in [5.41, 5.74) is 3.29. The number of rotatable bonds is 8. The van der Waals surface area contributed by atoms with Crippen LogP contribution < -0.4 is 0 Å². The van der Waals surface area contributed by atoms with E-state index in [-0.39, 0.29) is 17.5 Å². The molecule has 0 aliphatic carbocycles. The van der Waals surface area contributed by atoms with Crippen molar-refractivity contribution in [3.63, 3.8) is 0 Å². The summed E-state index contributed by atoms with van der Waals surface area (Å²) in [6.07, 6.45) is 5.09. The molecule has 2 aliphatic rings. The first-order chi connectivity index (χ1) is 16.9. The van der Waals surface area contributed by atoms with Gasteiger partial charge in [-0.2, -0.15) is 5.10 Å². The van der Waals surface area contributed by atoms with E-state index in [4.69, 9.17) is 0 Å². The van der Waals surface area contributed by atoms with E-state index in [0.717, 1.165) is 54.6 Å². The van der Waals surface area contributed by atoms with E-state index in [1.54, 1.807) is 23.9 Å². The van der Waals surface area contributed by atoms with Crippen LogP contribution in [0.5, 0.6) is 0 Å². The van der Waals surface area contributed by atoms with Gasteiger partial charge in [0, 0.05) is 52.7 Å². The van der Waals surface area contributed by atoms with Crippen molar-refractivity contribution in [2.24, 2.45) is 5.92 Å². The van der Waals surface area contributed by atoms with Gasteiger partial charge >= 0.3 is 0 Å². The Hall–Kier alpha value is -1.96. The minimum Gasteiger partial charge on any atom is -0.301 e. The second-order valence-corrected chi connectivity index (χ2v) is 12.1. The predicted molar refractivity (Wildman–Crippen MR) is 140 cm³/mol. The van der Waals surface area contributed by atoms with Gasteiger partial charge in [0.15, 0.2) is 0 Å². The van der Waals surface area contributed by atoms with Crippen molar-refractivity contribution >= 4 is 22.7 Å². The van der Waals surface area contributed by atoms with Crippen LogP contribution in [0.15, 0.2) is 35.4 Å². The highest BCUT2D eigenvalue weighted by atomic mass is 32.2. The van der Waals surface area contributed by atoms with Crippen LogP contribution in [0.3, 0.4) is 0 Å². The first kappa shape index (κ1) is 24.7. The number of nitrogens with one attached hydrogen (secondary N) is 1. The van der Waals surface area contributed by atoms with Gasteiger partial charge in [-0.3, -0.25) is 10.00 Å². The van der Waals surface area contributed by atoms with Crippen molar-refractivity contribution in [2.75, 3.05) is 26.7 Å². The molecule has 1 saturated heterocycles. The van der Waals surface area contributed by atoms with Crippen molar-refractivity contribution in [1.82, 2.24) is 20.0 Å². The van der Waals surface area contributed by atoms with Crippen molar-refractivity contribution < 1.29 is 8.78 Å². The standard InChI is InChI=1S/C28H36F2N4S/c1-5-6-9-34-14-19(15-34)35-18-11-23(29)28(24(30)12-18)27-20-7-8-25-21(13-31-32-25)22(20)16-33(4)26(27)10-17(2)3/h7-8,11-13,17,19,26-27H,5-6,9-10,14-16H2,1-4H3,(H,31,32)/t26-,27+/m0/s1. The molecule has 1 aromatic heterocycles. The number of H-pyrrole nitrogens is 1. The Bertz CT molecular complexity index is 1160. The lowest BCUT2D eigenvalue weighted by Gasteiger charge is -2.42.